The summed E-state index contributed by atoms with van der Waals surface area (Å²) in [6.45, 7) is 9.18. The molecule has 0 saturated carbocycles. The van der Waals surface area contributed by atoms with E-state index < -0.39 is 0 Å². The molecule has 1 N–H and O–H groups in total. The van der Waals surface area contributed by atoms with Gasteiger partial charge in [-0.05, 0) is 55.9 Å². The van der Waals surface area contributed by atoms with Gasteiger partial charge in [-0.25, -0.2) is 0 Å². The maximum atomic E-state index is 3.30. The summed E-state index contributed by atoms with van der Waals surface area (Å²) in [6, 6.07) is 9.39. The van der Waals surface area contributed by atoms with E-state index in [0.717, 1.165) is 0 Å². The molecule has 1 aromatic carbocycles. The van der Waals surface area contributed by atoms with Crippen LogP contribution in [0.4, 0.5) is 0 Å². The topological polar surface area (TPSA) is 19.0 Å². The van der Waals surface area contributed by atoms with E-state index in [0.29, 0.717) is 6.04 Å². The summed E-state index contributed by atoms with van der Waals surface area (Å²) < 4.78 is 0. The van der Waals surface area contributed by atoms with Gasteiger partial charge in [0, 0.05) is 17.8 Å². The molecule has 0 fully saturated rings. The molecule has 0 spiro atoms. The number of hydrogen-bond acceptors (Lipinski definition) is 1. The molecule has 1 heterocycles. The zero-order chi connectivity index (χ0) is 13.0. The van der Waals surface area contributed by atoms with Crippen LogP contribution in [0.3, 0.4) is 0 Å². The highest BCUT2D eigenvalue weighted by Crippen LogP contribution is 2.24. The summed E-state index contributed by atoms with van der Waals surface area (Å²) in [6.07, 6.45) is 4.44. The fourth-order valence-electron chi connectivity index (χ4n) is 2.61. The van der Waals surface area contributed by atoms with E-state index in [-0.39, 0.29) is 0 Å². The van der Waals surface area contributed by atoms with E-state index in [1.165, 1.54) is 42.4 Å². The highest BCUT2D eigenvalue weighted by molar-refractivity contribution is 5.79. The van der Waals surface area contributed by atoms with Crippen molar-refractivity contribution in [3.63, 3.8) is 0 Å². The first kappa shape index (κ1) is 13.2. The van der Waals surface area contributed by atoms with Crippen LogP contribution in [0.15, 0.2) is 30.5 Å². The summed E-state index contributed by atoms with van der Waals surface area (Å²) in [5.74, 6) is 0. The lowest BCUT2D eigenvalue weighted by Gasteiger charge is -2.28. The highest BCUT2D eigenvalue weighted by atomic mass is 15.1. The smallest absolute Gasteiger partial charge is 0.0457 e. The van der Waals surface area contributed by atoms with Gasteiger partial charge in [-0.15, -0.1) is 0 Å². The monoisotopic (exact) mass is 244 g/mol. The van der Waals surface area contributed by atoms with Crippen molar-refractivity contribution in [2.24, 2.45) is 0 Å². The second kappa shape index (κ2) is 6.05. The van der Waals surface area contributed by atoms with Crippen LogP contribution < -0.4 is 0 Å². The number of aromatic amines is 1. The van der Waals surface area contributed by atoms with Gasteiger partial charge in [0.15, 0.2) is 0 Å². The van der Waals surface area contributed by atoms with Crippen LogP contribution >= 0.6 is 0 Å². The van der Waals surface area contributed by atoms with Crippen molar-refractivity contribution in [1.29, 1.82) is 0 Å². The summed E-state index contributed by atoms with van der Waals surface area (Å²) >= 11 is 0. The molecule has 0 amide bonds. The summed E-state index contributed by atoms with van der Waals surface area (Å²) in [7, 11) is 0. The van der Waals surface area contributed by atoms with Crippen LogP contribution in [0.5, 0.6) is 0 Å². The molecule has 0 aliphatic rings. The largest absolute Gasteiger partial charge is 0.361 e. The SMILES string of the molecule is CCCN(CCC)C(C)c1ccc2cc[nH]c2c1. The van der Waals surface area contributed by atoms with E-state index in [1.54, 1.807) is 0 Å². The molecule has 1 aromatic heterocycles. The van der Waals surface area contributed by atoms with Gasteiger partial charge in [0.1, 0.15) is 0 Å². The Kier molecular flexibility index (Phi) is 4.43. The first-order valence-corrected chi connectivity index (χ1v) is 7.07. The molecule has 2 aromatic rings. The lowest BCUT2D eigenvalue weighted by molar-refractivity contribution is 0.211. The molecule has 1 atom stereocenters. The van der Waals surface area contributed by atoms with Crippen LogP contribution in [-0.2, 0) is 0 Å². The fourth-order valence-corrected chi connectivity index (χ4v) is 2.61. The predicted molar refractivity (Wildman–Crippen MR) is 78.9 cm³/mol. The molecular formula is C16H24N2. The van der Waals surface area contributed by atoms with Gasteiger partial charge in [0.25, 0.3) is 0 Å². The second-order valence-corrected chi connectivity index (χ2v) is 5.04. The molecule has 0 aliphatic carbocycles. The minimum Gasteiger partial charge on any atom is -0.361 e. The van der Waals surface area contributed by atoms with Crippen molar-refractivity contribution in [2.45, 2.75) is 39.7 Å². The lowest BCUT2D eigenvalue weighted by Crippen LogP contribution is -2.28. The van der Waals surface area contributed by atoms with Crippen LogP contribution in [0.2, 0.25) is 0 Å². The standard InChI is InChI=1S/C16H24N2/c1-4-10-18(11-5-2)13(3)15-7-6-14-8-9-17-16(14)12-15/h6-9,12-13,17H,4-5,10-11H2,1-3H3. The quantitative estimate of drug-likeness (QED) is 0.800. The fraction of sp³-hybridized carbons (Fsp3) is 0.500. The molecule has 0 radical (unpaired) electrons. The number of aromatic nitrogens is 1. The average molecular weight is 244 g/mol. The third kappa shape index (κ3) is 2.75. The van der Waals surface area contributed by atoms with Crippen LogP contribution in [-0.4, -0.2) is 23.0 Å². The lowest BCUT2D eigenvalue weighted by atomic mass is 10.0. The Morgan fingerprint density at radius 1 is 1.11 bits per heavy atom. The van der Waals surface area contributed by atoms with Gasteiger partial charge in [-0.3, -0.25) is 4.90 Å². The predicted octanol–water partition coefficient (Wildman–Crippen LogP) is 4.35. The van der Waals surface area contributed by atoms with Crippen molar-refractivity contribution in [1.82, 2.24) is 9.88 Å². The van der Waals surface area contributed by atoms with Crippen LogP contribution in [0.25, 0.3) is 10.9 Å². The van der Waals surface area contributed by atoms with E-state index in [1.807, 2.05) is 6.20 Å². The highest BCUT2D eigenvalue weighted by Gasteiger charge is 2.14. The molecule has 1 unspecified atom stereocenters. The van der Waals surface area contributed by atoms with Crippen LogP contribution in [0, 0.1) is 0 Å². The van der Waals surface area contributed by atoms with Crippen molar-refractivity contribution in [3.05, 3.63) is 36.0 Å². The number of hydrogen-bond donors (Lipinski definition) is 1. The molecule has 2 heteroatoms. The number of benzene rings is 1. The Morgan fingerprint density at radius 2 is 1.83 bits per heavy atom. The Balaban J connectivity index is 2.21. The van der Waals surface area contributed by atoms with Gasteiger partial charge in [0.2, 0.25) is 0 Å². The van der Waals surface area contributed by atoms with Gasteiger partial charge >= 0.3 is 0 Å². The average Bonchev–Trinajstić information content (AvgIpc) is 2.84. The number of nitrogens with one attached hydrogen (secondary N) is 1. The van der Waals surface area contributed by atoms with Gasteiger partial charge in [0.05, 0.1) is 0 Å². The number of H-pyrrole nitrogens is 1. The van der Waals surface area contributed by atoms with E-state index >= 15 is 0 Å². The van der Waals surface area contributed by atoms with Gasteiger partial charge in [-0.2, -0.15) is 0 Å². The molecule has 98 valence electrons. The van der Waals surface area contributed by atoms with Crippen molar-refractivity contribution in [2.75, 3.05) is 13.1 Å². The number of fused-ring (bicyclic) bond motifs is 1. The van der Waals surface area contributed by atoms with Gasteiger partial charge in [-0.1, -0.05) is 26.0 Å². The third-order valence-corrected chi connectivity index (χ3v) is 3.63. The first-order valence-electron chi connectivity index (χ1n) is 7.07. The third-order valence-electron chi connectivity index (χ3n) is 3.63. The minimum atomic E-state index is 0.498. The summed E-state index contributed by atoms with van der Waals surface area (Å²) in [5.41, 5.74) is 2.65. The van der Waals surface area contributed by atoms with E-state index in [2.05, 4.69) is 54.9 Å². The maximum Gasteiger partial charge on any atom is 0.0457 e. The number of rotatable bonds is 6. The van der Waals surface area contributed by atoms with Crippen molar-refractivity contribution >= 4 is 10.9 Å². The van der Waals surface area contributed by atoms with E-state index in [9.17, 15) is 0 Å². The zero-order valence-corrected chi connectivity index (χ0v) is 11.7. The molecule has 18 heavy (non-hydrogen) atoms. The second-order valence-electron chi connectivity index (χ2n) is 5.04. The Bertz CT molecular complexity index is 481. The Labute approximate surface area is 110 Å². The maximum absolute atomic E-state index is 3.30. The molecule has 0 aliphatic heterocycles. The van der Waals surface area contributed by atoms with Gasteiger partial charge < -0.3 is 4.98 Å². The van der Waals surface area contributed by atoms with E-state index in [4.69, 9.17) is 0 Å². The minimum absolute atomic E-state index is 0.498. The first-order chi connectivity index (χ1) is 8.76. The molecule has 0 saturated heterocycles. The Hall–Kier alpha value is -1.28. The zero-order valence-electron chi connectivity index (χ0n) is 11.7. The molecule has 0 bridgehead atoms. The normalized spacial score (nSPS) is 13.3. The van der Waals surface area contributed by atoms with Crippen molar-refractivity contribution in [3.8, 4) is 0 Å². The van der Waals surface area contributed by atoms with Crippen LogP contribution in [0.1, 0.15) is 45.2 Å². The summed E-state index contributed by atoms with van der Waals surface area (Å²) in [5, 5.41) is 1.29. The molecular weight excluding hydrogens is 220 g/mol. The Morgan fingerprint density at radius 3 is 2.50 bits per heavy atom. The molecule has 2 nitrogen and oxygen atoms in total. The van der Waals surface area contributed by atoms with Crippen molar-refractivity contribution < 1.29 is 0 Å². The summed E-state index contributed by atoms with van der Waals surface area (Å²) in [4.78, 5) is 5.87. The molecule has 2 rings (SSSR count). The number of nitrogens with zero attached hydrogens (tertiary/aromatic N) is 1.